The minimum absolute atomic E-state index is 0.0586. The number of nitrogens with one attached hydrogen (secondary N) is 1. The summed E-state index contributed by atoms with van der Waals surface area (Å²) in [5, 5.41) is 4.40. The van der Waals surface area contributed by atoms with E-state index < -0.39 is 18.5 Å². The van der Waals surface area contributed by atoms with Crippen molar-refractivity contribution in [2.45, 2.75) is 33.6 Å². The largest absolute Gasteiger partial charge is 0.452 e. The summed E-state index contributed by atoms with van der Waals surface area (Å²) in [5.41, 5.74) is 5.53. The van der Waals surface area contributed by atoms with Crippen molar-refractivity contribution in [1.29, 1.82) is 0 Å². The summed E-state index contributed by atoms with van der Waals surface area (Å²) >= 11 is 12.4. The number of carbonyl (C=O) groups excluding carboxylic acids is 3. The zero-order chi connectivity index (χ0) is 34.0. The number of carbonyl (C=O) groups is 3. The Morgan fingerprint density at radius 3 is 2.29 bits per heavy atom. The Hall–Kier alpha value is -4.78. The quantitative estimate of drug-likeness (QED) is 0.137. The molecule has 48 heavy (non-hydrogen) atoms. The van der Waals surface area contributed by atoms with Crippen LogP contribution in [0.25, 0.3) is 22.6 Å². The molecule has 0 unspecified atom stereocenters. The van der Waals surface area contributed by atoms with Gasteiger partial charge in [0.25, 0.3) is 5.91 Å². The van der Waals surface area contributed by atoms with Crippen molar-refractivity contribution < 1.29 is 19.1 Å². The minimum Gasteiger partial charge on any atom is -0.452 e. The first-order valence-corrected chi connectivity index (χ1v) is 16.5. The van der Waals surface area contributed by atoms with Crippen LogP contribution in [0.15, 0.2) is 97.1 Å². The monoisotopic (exact) mass is 676 g/mol. The SMILES string of the molecule is CC(C)(C)[C@@H]1C/C(=C/c2ccc(Cl)cc2)c2nc3ccccc3c(C(=O)OCC(=O)Nc3ccc(Cl)cc3C(=O)c3ccccc3)c2C1. The van der Waals surface area contributed by atoms with Crippen LogP contribution >= 0.6 is 23.2 Å². The van der Waals surface area contributed by atoms with Crippen LogP contribution in [0.3, 0.4) is 0 Å². The molecule has 1 aliphatic rings. The summed E-state index contributed by atoms with van der Waals surface area (Å²) in [4.78, 5) is 45.5. The van der Waals surface area contributed by atoms with Gasteiger partial charge in [-0.25, -0.2) is 9.78 Å². The second kappa shape index (κ2) is 13.8. The number of benzene rings is 4. The summed E-state index contributed by atoms with van der Waals surface area (Å²) in [6.07, 6.45) is 3.52. The van der Waals surface area contributed by atoms with Gasteiger partial charge in [0, 0.05) is 26.6 Å². The molecule has 1 heterocycles. The van der Waals surface area contributed by atoms with Gasteiger partial charge in [0.15, 0.2) is 12.4 Å². The van der Waals surface area contributed by atoms with Gasteiger partial charge in [-0.3, -0.25) is 9.59 Å². The van der Waals surface area contributed by atoms with Crippen molar-refractivity contribution in [1.82, 2.24) is 4.98 Å². The molecule has 6 rings (SSSR count). The smallest absolute Gasteiger partial charge is 0.339 e. The molecule has 5 aromatic rings. The van der Waals surface area contributed by atoms with Crippen molar-refractivity contribution in [3.8, 4) is 0 Å². The van der Waals surface area contributed by atoms with E-state index in [4.69, 9.17) is 32.9 Å². The lowest BCUT2D eigenvalue weighted by atomic mass is 9.69. The number of amides is 1. The fourth-order valence-corrected chi connectivity index (χ4v) is 6.38. The zero-order valence-electron chi connectivity index (χ0n) is 26.8. The van der Waals surface area contributed by atoms with E-state index in [-0.39, 0.29) is 28.4 Å². The highest BCUT2D eigenvalue weighted by Gasteiger charge is 2.35. The first-order chi connectivity index (χ1) is 23.0. The van der Waals surface area contributed by atoms with Gasteiger partial charge in [0.2, 0.25) is 0 Å². The Bertz CT molecular complexity index is 2070. The molecule has 0 saturated carbocycles. The van der Waals surface area contributed by atoms with Crippen LogP contribution in [-0.4, -0.2) is 29.3 Å². The average molecular weight is 678 g/mol. The van der Waals surface area contributed by atoms with Crippen LogP contribution in [0.4, 0.5) is 5.69 Å². The summed E-state index contributed by atoms with van der Waals surface area (Å²) in [6.45, 7) is 6.05. The lowest BCUT2D eigenvalue weighted by Gasteiger charge is -2.36. The number of para-hydroxylation sites is 1. The molecule has 6 nitrogen and oxygen atoms in total. The number of aromatic nitrogens is 1. The van der Waals surface area contributed by atoms with E-state index >= 15 is 0 Å². The molecule has 1 aromatic heterocycles. The highest BCUT2D eigenvalue weighted by molar-refractivity contribution is 6.31. The molecule has 0 aliphatic heterocycles. The molecule has 1 amide bonds. The van der Waals surface area contributed by atoms with Crippen LogP contribution in [0.2, 0.25) is 10.0 Å². The van der Waals surface area contributed by atoms with E-state index in [1.807, 2.05) is 54.6 Å². The van der Waals surface area contributed by atoms with Gasteiger partial charge in [-0.1, -0.05) is 105 Å². The Kier molecular flexibility index (Phi) is 9.49. The van der Waals surface area contributed by atoms with Crippen molar-refractivity contribution in [2.24, 2.45) is 11.3 Å². The predicted molar refractivity (Wildman–Crippen MR) is 193 cm³/mol. The number of nitrogens with zero attached hydrogens (tertiary/aromatic N) is 1. The molecule has 0 saturated heterocycles. The number of anilines is 1. The van der Waals surface area contributed by atoms with Gasteiger partial charge in [0.05, 0.1) is 22.5 Å². The number of ketones is 1. The number of allylic oxidation sites excluding steroid dienone is 1. The molecular weight excluding hydrogens is 643 g/mol. The van der Waals surface area contributed by atoms with Crippen molar-refractivity contribution in [3.05, 3.63) is 141 Å². The molecule has 1 atom stereocenters. The molecule has 4 aromatic carbocycles. The van der Waals surface area contributed by atoms with Crippen LogP contribution in [0, 0.1) is 11.3 Å². The highest BCUT2D eigenvalue weighted by atomic mass is 35.5. The normalized spacial score (nSPS) is 15.2. The lowest BCUT2D eigenvalue weighted by Crippen LogP contribution is -2.29. The molecule has 0 radical (unpaired) electrons. The second-order valence-corrected chi connectivity index (χ2v) is 13.9. The third-order valence-electron chi connectivity index (χ3n) is 8.72. The maximum absolute atomic E-state index is 14.0. The van der Waals surface area contributed by atoms with Gasteiger partial charge in [-0.15, -0.1) is 0 Å². The van der Waals surface area contributed by atoms with E-state index in [9.17, 15) is 14.4 Å². The maximum Gasteiger partial charge on any atom is 0.339 e. The lowest BCUT2D eigenvalue weighted by molar-refractivity contribution is -0.119. The molecule has 0 bridgehead atoms. The van der Waals surface area contributed by atoms with E-state index in [1.54, 1.807) is 36.4 Å². The molecule has 0 fully saturated rings. The number of pyridine rings is 1. The molecular formula is C40H34Cl2N2O4. The number of rotatable bonds is 7. The number of ether oxygens (including phenoxy) is 1. The molecule has 0 spiro atoms. The zero-order valence-corrected chi connectivity index (χ0v) is 28.4. The number of hydrogen-bond acceptors (Lipinski definition) is 5. The summed E-state index contributed by atoms with van der Waals surface area (Å²) in [6, 6.07) is 28.5. The first kappa shape index (κ1) is 33.1. The average Bonchev–Trinajstić information content (AvgIpc) is 3.07. The van der Waals surface area contributed by atoms with Gasteiger partial charge in [-0.05, 0) is 83.3 Å². The molecule has 242 valence electrons. The van der Waals surface area contributed by atoms with Crippen molar-refractivity contribution in [2.75, 3.05) is 11.9 Å². The highest BCUT2D eigenvalue weighted by Crippen LogP contribution is 2.45. The Morgan fingerprint density at radius 2 is 1.56 bits per heavy atom. The predicted octanol–water partition coefficient (Wildman–Crippen LogP) is 9.72. The van der Waals surface area contributed by atoms with Crippen molar-refractivity contribution in [3.63, 3.8) is 0 Å². The van der Waals surface area contributed by atoms with Gasteiger partial charge >= 0.3 is 5.97 Å². The Labute approximate surface area is 289 Å². The van der Waals surface area contributed by atoms with Crippen molar-refractivity contribution >= 4 is 69.1 Å². The van der Waals surface area contributed by atoms with Gasteiger partial charge < -0.3 is 10.1 Å². The van der Waals surface area contributed by atoms with Crippen LogP contribution in [0.1, 0.15) is 70.3 Å². The number of esters is 1. The molecule has 8 heteroatoms. The standard InChI is InChI=1S/C40H34Cl2N2O4/c1-40(2,3)27-20-26(19-24-13-15-28(41)16-14-24)37-32(21-27)36(30-11-7-8-12-33(30)44-37)39(47)48-23-35(45)43-34-18-17-29(42)22-31(34)38(46)25-9-5-4-6-10-25/h4-19,22,27H,20-21,23H2,1-3H3,(H,43,45)/b26-19-/t27-/m1/s1. The van der Waals surface area contributed by atoms with E-state index in [1.165, 1.54) is 6.07 Å². The fraction of sp³-hybridized carbons (Fsp3) is 0.200. The first-order valence-electron chi connectivity index (χ1n) is 15.7. The third kappa shape index (κ3) is 7.20. The van der Waals surface area contributed by atoms with E-state index in [0.29, 0.717) is 38.5 Å². The minimum atomic E-state index is -0.614. The van der Waals surface area contributed by atoms with Crippen LogP contribution in [-0.2, 0) is 16.0 Å². The van der Waals surface area contributed by atoms with E-state index in [0.717, 1.165) is 28.8 Å². The van der Waals surface area contributed by atoms with Gasteiger partial charge in [-0.2, -0.15) is 0 Å². The Morgan fingerprint density at radius 1 is 0.875 bits per heavy atom. The Balaban J connectivity index is 1.32. The maximum atomic E-state index is 14.0. The second-order valence-electron chi connectivity index (χ2n) is 13.0. The van der Waals surface area contributed by atoms with Crippen LogP contribution < -0.4 is 5.32 Å². The number of hydrogen-bond donors (Lipinski definition) is 1. The summed E-state index contributed by atoms with van der Waals surface area (Å²) in [7, 11) is 0. The van der Waals surface area contributed by atoms with E-state index in [2.05, 4.69) is 32.2 Å². The van der Waals surface area contributed by atoms with Crippen LogP contribution in [0.5, 0.6) is 0 Å². The molecule has 1 N–H and O–H groups in total. The topological polar surface area (TPSA) is 85.4 Å². The van der Waals surface area contributed by atoms with Gasteiger partial charge in [0.1, 0.15) is 0 Å². The molecule has 1 aliphatic carbocycles. The fourth-order valence-electron chi connectivity index (χ4n) is 6.08. The number of halogens is 2. The summed E-state index contributed by atoms with van der Waals surface area (Å²) in [5.74, 6) is -1.28. The third-order valence-corrected chi connectivity index (χ3v) is 9.21. The summed E-state index contributed by atoms with van der Waals surface area (Å²) < 4.78 is 5.71. The number of fused-ring (bicyclic) bond motifs is 2.